The number of hydrogen-bond donors (Lipinski definition) is 2. The fourth-order valence-electron chi connectivity index (χ4n) is 2.39. The van der Waals surface area contributed by atoms with Gasteiger partial charge in [0.2, 0.25) is 0 Å². The highest BCUT2D eigenvalue weighted by Gasteiger charge is 2.19. The lowest BCUT2D eigenvalue weighted by Gasteiger charge is -2.24. The van der Waals surface area contributed by atoms with Gasteiger partial charge in [0, 0.05) is 31.4 Å². The Morgan fingerprint density at radius 3 is 2.59 bits per heavy atom. The Kier molecular flexibility index (Phi) is 6.22. The van der Waals surface area contributed by atoms with Gasteiger partial charge in [-0.15, -0.1) is 0 Å². The molecule has 1 aromatic rings. The quantitative estimate of drug-likeness (QED) is 0.538. The highest BCUT2D eigenvalue weighted by atomic mass is 15.2. The lowest BCUT2D eigenvalue weighted by molar-refractivity contribution is 0.328. The van der Waals surface area contributed by atoms with Gasteiger partial charge in [0.15, 0.2) is 0 Å². The van der Waals surface area contributed by atoms with Crippen LogP contribution in [0.25, 0.3) is 0 Å². The van der Waals surface area contributed by atoms with Crippen LogP contribution in [-0.2, 0) is 13.0 Å². The molecular formula is C13H26N4. The van der Waals surface area contributed by atoms with Crippen molar-refractivity contribution in [1.29, 1.82) is 0 Å². The van der Waals surface area contributed by atoms with Crippen molar-refractivity contribution in [2.24, 2.45) is 11.8 Å². The normalized spacial score (nSPS) is 13.2. The summed E-state index contributed by atoms with van der Waals surface area (Å²) in [5.74, 6) is 7.44. The van der Waals surface area contributed by atoms with Gasteiger partial charge in [-0.2, -0.15) is 0 Å². The molecule has 1 heterocycles. The van der Waals surface area contributed by atoms with Crippen molar-refractivity contribution in [3.05, 3.63) is 18.2 Å². The molecule has 0 spiro atoms. The lowest BCUT2D eigenvalue weighted by atomic mass is 9.92. The Labute approximate surface area is 105 Å². The molecule has 0 amide bonds. The molecule has 0 aliphatic carbocycles. The summed E-state index contributed by atoms with van der Waals surface area (Å²) in [4.78, 5) is 4.44. The molecule has 3 N–H and O–H groups in total. The van der Waals surface area contributed by atoms with Gasteiger partial charge in [0.25, 0.3) is 0 Å². The fraction of sp³-hybridized carbons (Fsp3) is 0.769. The van der Waals surface area contributed by atoms with E-state index in [1.54, 1.807) is 0 Å². The minimum atomic E-state index is 0.322. The maximum atomic E-state index is 5.68. The number of nitrogens with two attached hydrogens (primary N) is 1. The van der Waals surface area contributed by atoms with Crippen molar-refractivity contribution >= 4 is 0 Å². The van der Waals surface area contributed by atoms with Crippen LogP contribution in [-0.4, -0.2) is 15.6 Å². The van der Waals surface area contributed by atoms with Crippen molar-refractivity contribution in [3.63, 3.8) is 0 Å². The van der Waals surface area contributed by atoms with E-state index in [1.165, 1.54) is 0 Å². The molecule has 0 aliphatic heterocycles. The summed E-state index contributed by atoms with van der Waals surface area (Å²) < 4.78 is 2.23. The zero-order valence-corrected chi connectivity index (χ0v) is 11.3. The Bertz CT molecular complexity index is 304. The van der Waals surface area contributed by atoms with Gasteiger partial charge in [-0.3, -0.25) is 11.3 Å². The molecule has 17 heavy (non-hydrogen) atoms. The van der Waals surface area contributed by atoms with Crippen LogP contribution in [0.2, 0.25) is 0 Å². The number of imidazole rings is 1. The number of aromatic nitrogens is 2. The van der Waals surface area contributed by atoms with Crippen LogP contribution in [0.3, 0.4) is 0 Å². The number of nitrogens with zero attached hydrogens (tertiary/aromatic N) is 2. The SMILES string of the molecule is CCCn1ccnc1CC(NN)C(CC)CC. The summed E-state index contributed by atoms with van der Waals surface area (Å²) in [6, 6.07) is 0.322. The Morgan fingerprint density at radius 1 is 1.35 bits per heavy atom. The first-order valence-electron chi connectivity index (χ1n) is 6.72. The van der Waals surface area contributed by atoms with E-state index in [0.717, 1.165) is 38.1 Å². The summed E-state index contributed by atoms with van der Waals surface area (Å²) >= 11 is 0. The van der Waals surface area contributed by atoms with Crippen LogP contribution in [0.5, 0.6) is 0 Å². The number of hydrogen-bond acceptors (Lipinski definition) is 3. The highest BCUT2D eigenvalue weighted by Crippen LogP contribution is 2.16. The third-order valence-corrected chi connectivity index (χ3v) is 3.50. The number of hydrazine groups is 1. The van der Waals surface area contributed by atoms with Gasteiger partial charge in [-0.1, -0.05) is 33.6 Å². The van der Waals surface area contributed by atoms with Crippen LogP contribution >= 0.6 is 0 Å². The first kappa shape index (κ1) is 14.2. The van der Waals surface area contributed by atoms with Crippen LogP contribution in [0, 0.1) is 5.92 Å². The molecule has 4 nitrogen and oxygen atoms in total. The average Bonchev–Trinajstić information content (AvgIpc) is 2.77. The molecule has 0 fully saturated rings. The third kappa shape index (κ3) is 3.82. The molecule has 0 saturated carbocycles. The van der Waals surface area contributed by atoms with Crippen molar-refractivity contribution in [3.8, 4) is 0 Å². The van der Waals surface area contributed by atoms with Gasteiger partial charge in [0.05, 0.1) is 0 Å². The molecular weight excluding hydrogens is 212 g/mol. The average molecular weight is 238 g/mol. The second-order valence-electron chi connectivity index (χ2n) is 4.59. The van der Waals surface area contributed by atoms with Crippen LogP contribution < -0.4 is 11.3 Å². The van der Waals surface area contributed by atoms with Crippen molar-refractivity contribution in [1.82, 2.24) is 15.0 Å². The third-order valence-electron chi connectivity index (χ3n) is 3.50. The number of nitrogens with one attached hydrogen (secondary N) is 1. The standard InChI is InChI=1S/C13H26N4/c1-4-8-17-9-7-15-13(17)10-12(16-14)11(5-2)6-3/h7,9,11-12,16H,4-6,8,10,14H2,1-3H3. The summed E-state index contributed by atoms with van der Waals surface area (Å²) in [7, 11) is 0. The smallest absolute Gasteiger partial charge is 0.110 e. The molecule has 0 saturated heterocycles. The molecule has 1 aromatic heterocycles. The lowest BCUT2D eigenvalue weighted by Crippen LogP contribution is -2.42. The van der Waals surface area contributed by atoms with Gasteiger partial charge >= 0.3 is 0 Å². The maximum absolute atomic E-state index is 5.68. The van der Waals surface area contributed by atoms with Crippen molar-refractivity contribution < 1.29 is 0 Å². The van der Waals surface area contributed by atoms with E-state index in [2.05, 4.69) is 41.9 Å². The van der Waals surface area contributed by atoms with Gasteiger partial charge in [0.1, 0.15) is 5.82 Å². The van der Waals surface area contributed by atoms with Gasteiger partial charge in [-0.05, 0) is 12.3 Å². The minimum absolute atomic E-state index is 0.322. The number of rotatable bonds is 8. The fourth-order valence-corrected chi connectivity index (χ4v) is 2.39. The van der Waals surface area contributed by atoms with E-state index in [9.17, 15) is 0 Å². The van der Waals surface area contributed by atoms with Crippen molar-refractivity contribution in [2.75, 3.05) is 0 Å². The van der Waals surface area contributed by atoms with Crippen molar-refractivity contribution in [2.45, 2.75) is 59.0 Å². The second-order valence-corrected chi connectivity index (χ2v) is 4.59. The largest absolute Gasteiger partial charge is 0.335 e. The highest BCUT2D eigenvalue weighted by molar-refractivity contribution is 4.96. The molecule has 0 aromatic carbocycles. The van der Waals surface area contributed by atoms with Crippen LogP contribution in [0.1, 0.15) is 45.9 Å². The summed E-state index contributed by atoms with van der Waals surface area (Å²) in [5, 5.41) is 0. The predicted octanol–water partition coefficient (Wildman–Crippen LogP) is 2.10. The van der Waals surface area contributed by atoms with E-state index < -0.39 is 0 Å². The van der Waals surface area contributed by atoms with E-state index in [4.69, 9.17) is 5.84 Å². The minimum Gasteiger partial charge on any atom is -0.335 e. The summed E-state index contributed by atoms with van der Waals surface area (Å²) in [6.45, 7) is 7.66. The van der Waals surface area contributed by atoms with E-state index in [0.29, 0.717) is 12.0 Å². The Hall–Kier alpha value is -0.870. The molecule has 1 rings (SSSR count). The molecule has 4 heteroatoms. The molecule has 0 bridgehead atoms. The first-order valence-corrected chi connectivity index (χ1v) is 6.72. The summed E-state index contributed by atoms with van der Waals surface area (Å²) in [5.41, 5.74) is 2.96. The summed E-state index contributed by atoms with van der Waals surface area (Å²) in [6.07, 6.45) is 8.29. The first-order chi connectivity index (χ1) is 8.26. The van der Waals surface area contributed by atoms with E-state index in [1.807, 2.05) is 6.20 Å². The molecule has 1 atom stereocenters. The Balaban J connectivity index is 2.69. The van der Waals surface area contributed by atoms with E-state index >= 15 is 0 Å². The van der Waals surface area contributed by atoms with Crippen LogP contribution in [0.15, 0.2) is 12.4 Å². The molecule has 0 aliphatic rings. The monoisotopic (exact) mass is 238 g/mol. The second kappa shape index (κ2) is 7.45. The van der Waals surface area contributed by atoms with Gasteiger partial charge < -0.3 is 4.57 Å². The molecule has 1 unspecified atom stereocenters. The van der Waals surface area contributed by atoms with Gasteiger partial charge in [-0.25, -0.2) is 4.98 Å². The topological polar surface area (TPSA) is 55.9 Å². The number of aryl methyl sites for hydroxylation is 1. The van der Waals surface area contributed by atoms with Crippen LogP contribution in [0.4, 0.5) is 0 Å². The maximum Gasteiger partial charge on any atom is 0.110 e. The zero-order valence-electron chi connectivity index (χ0n) is 11.3. The zero-order chi connectivity index (χ0) is 12.7. The predicted molar refractivity (Wildman–Crippen MR) is 71.4 cm³/mol. The molecule has 98 valence electrons. The molecule has 0 radical (unpaired) electrons. The Morgan fingerprint density at radius 2 is 2.06 bits per heavy atom. The van der Waals surface area contributed by atoms with E-state index in [-0.39, 0.29) is 0 Å².